The Kier molecular flexibility index (Phi) is 8.35. The highest BCUT2D eigenvalue weighted by molar-refractivity contribution is 5.36. The topological polar surface area (TPSA) is 39.7 Å². The zero-order valence-corrected chi connectivity index (χ0v) is 13.9. The van der Waals surface area contributed by atoms with E-state index in [4.69, 9.17) is 14.2 Å². The number of likely N-dealkylation sites (N-methyl/N-ethyl adjacent to an activating group) is 1. The highest BCUT2D eigenvalue weighted by Crippen LogP contribution is 2.31. The summed E-state index contributed by atoms with van der Waals surface area (Å²) in [6, 6.07) is 8.22. The predicted octanol–water partition coefficient (Wildman–Crippen LogP) is 3.03. The summed E-state index contributed by atoms with van der Waals surface area (Å²) in [6.07, 6.45) is 0.104. The molecule has 21 heavy (non-hydrogen) atoms. The van der Waals surface area contributed by atoms with Gasteiger partial charge >= 0.3 is 0 Å². The minimum Gasteiger partial charge on any atom is -0.491 e. The van der Waals surface area contributed by atoms with Crippen LogP contribution in [0, 0.1) is 5.92 Å². The normalized spacial score (nSPS) is 14.2. The lowest BCUT2D eigenvalue weighted by Crippen LogP contribution is -2.36. The highest BCUT2D eigenvalue weighted by atomic mass is 16.5. The van der Waals surface area contributed by atoms with Gasteiger partial charge in [-0.25, -0.2) is 0 Å². The fourth-order valence-corrected chi connectivity index (χ4v) is 2.47. The molecule has 1 aromatic carbocycles. The van der Waals surface area contributed by atoms with Crippen LogP contribution < -0.4 is 10.1 Å². The minimum absolute atomic E-state index is 0.101. The second-order valence-corrected chi connectivity index (χ2v) is 5.31. The summed E-state index contributed by atoms with van der Waals surface area (Å²) >= 11 is 0. The first-order valence-corrected chi connectivity index (χ1v) is 7.65. The number of hydrogen-bond acceptors (Lipinski definition) is 4. The molecule has 0 spiro atoms. The van der Waals surface area contributed by atoms with Gasteiger partial charge in [-0.05, 0) is 26.0 Å². The van der Waals surface area contributed by atoms with Crippen molar-refractivity contribution in [3.8, 4) is 5.75 Å². The number of benzene rings is 1. The molecular formula is C17H29NO3. The van der Waals surface area contributed by atoms with Gasteiger partial charge in [-0.15, -0.1) is 0 Å². The van der Waals surface area contributed by atoms with Crippen molar-refractivity contribution in [2.24, 2.45) is 5.92 Å². The van der Waals surface area contributed by atoms with Gasteiger partial charge in [0.1, 0.15) is 12.4 Å². The molecule has 0 aliphatic rings. The van der Waals surface area contributed by atoms with E-state index >= 15 is 0 Å². The summed E-state index contributed by atoms with van der Waals surface area (Å²) in [5.41, 5.74) is 1.13. The van der Waals surface area contributed by atoms with Gasteiger partial charge in [0.05, 0.1) is 18.8 Å². The van der Waals surface area contributed by atoms with Crippen molar-refractivity contribution in [2.45, 2.75) is 32.9 Å². The Bertz CT molecular complexity index is 395. The Balaban J connectivity index is 2.97. The molecule has 120 valence electrons. The van der Waals surface area contributed by atoms with Crippen LogP contribution in [-0.4, -0.2) is 40.1 Å². The molecule has 4 heteroatoms. The molecule has 0 bridgehead atoms. The summed E-state index contributed by atoms with van der Waals surface area (Å²) in [5.74, 6) is 1.30. The molecule has 0 aliphatic carbocycles. The van der Waals surface area contributed by atoms with Crippen LogP contribution in [0.15, 0.2) is 24.3 Å². The fourth-order valence-electron chi connectivity index (χ4n) is 2.47. The first kappa shape index (κ1) is 18.0. The summed E-state index contributed by atoms with van der Waals surface area (Å²) in [7, 11) is 3.64. The Morgan fingerprint density at radius 1 is 1.14 bits per heavy atom. The molecule has 0 heterocycles. The van der Waals surface area contributed by atoms with Crippen LogP contribution in [0.5, 0.6) is 5.75 Å². The maximum atomic E-state index is 5.95. The lowest BCUT2D eigenvalue weighted by molar-refractivity contribution is 0.00385. The fraction of sp³-hybridized carbons (Fsp3) is 0.647. The van der Waals surface area contributed by atoms with Crippen molar-refractivity contribution in [3.05, 3.63) is 29.8 Å². The van der Waals surface area contributed by atoms with Crippen LogP contribution in [0.1, 0.15) is 32.4 Å². The Hall–Kier alpha value is -1.10. The zero-order chi connectivity index (χ0) is 15.7. The van der Waals surface area contributed by atoms with E-state index in [-0.39, 0.29) is 12.1 Å². The van der Waals surface area contributed by atoms with Gasteiger partial charge in [0.15, 0.2) is 0 Å². The van der Waals surface area contributed by atoms with Gasteiger partial charge in [0, 0.05) is 19.3 Å². The molecule has 0 saturated carbocycles. The van der Waals surface area contributed by atoms with E-state index in [0.717, 1.165) is 11.3 Å². The van der Waals surface area contributed by atoms with Gasteiger partial charge in [-0.2, -0.15) is 0 Å². The molecule has 0 fully saturated rings. The lowest BCUT2D eigenvalue weighted by atomic mass is 9.93. The van der Waals surface area contributed by atoms with Crippen molar-refractivity contribution in [3.63, 3.8) is 0 Å². The number of hydrogen-bond donors (Lipinski definition) is 1. The smallest absolute Gasteiger partial charge is 0.124 e. The van der Waals surface area contributed by atoms with Crippen LogP contribution in [0.25, 0.3) is 0 Å². The molecule has 0 saturated heterocycles. The first-order chi connectivity index (χ1) is 10.2. The Morgan fingerprint density at radius 2 is 1.86 bits per heavy atom. The van der Waals surface area contributed by atoms with E-state index in [0.29, 0.717) is 25.7 Å². The third-order valence-electron chi connectivity index (χ3n) is 3.45. The molecule has 0 radical (unpaired) electrons. The van der Waals surface area contributed by atoms with E-state index in [9.17, 15) is 0 Å². The standard InChI is InChI=1S/C17H29NO3/c1-6-20-17(13(2)3)16(18-4)14-9-7-8-10-15(14)21-12-11-19-5/h7-10,13,16-18H,6,11-12H2,1-5H3. The average Bonchev–Trinajstić information content (AvgIpc) is 2.48. The molecular weight excluding hydrogens is 266 g/mol. The van der Waals surface area contributed by atoms with Gasteiger partial charge in [-0.3, -0.25) is 0 Å². The molecule has 0 aromatic heterocycles. The second-order valence-electron chi connectivity index (χ2n) is 5.31. The Labute approximate surface area is 128 Å². The van der Waals surface area contributed by atoms with Gasteiger partial charge in [-0.1, -0.05) is 32.0 Å². The maximum absolute atomic E-state index is 5.95. The highest BCUT2D eigenvalue weighted by Gasteiger charge is 2.27. The third kappa shape index (κ3) is 5.30. The van der Waals surface area contributed by atoms with Crippen LogP contribution in [0.3, 0.4) is 0 Å². The predicted molar refractivity (Wildman–Crippen MR) is 85.9 cm³/mol. The van der Waals surface area contributed by atoms with E-state index in [2.05, 4.69) is 25.2 Å². The molecule has 4 nitrogen and oxygen atoms in total. The van der Waals surface area contributed by atoms with Crippen LogP contribution in [0.4, 0.5) is 0 Å². The van der Waals surface area contributed by atoms with Gasteiger partial charge < -0.3 is 19.5 Å². The summed E-state index contributed by atoms with van der Waals surface area (Å²) in [5, 5.41) is 3.38. The number of rotatable bonds is 10. The van der Waals surface area contributed by atoms with Gasteiger partial charge in [0.25, 0.3) is 0 Å². The van der Waals surface area contributed by atoms with E-state index in [1.165, 1.54) is 0 Å². The van der Waals surface area contributed by atoms with Crippen molar-refractivity contribution in [2.75, 3.05) is 34.0 Å². The van der Waals surface area contributed by atoms with Crippen LogP contribution in [-0.2, 0) is 9.47 Å². The van der Waals surface area contributed by atoms with Crippen molar-refractivity contribution in [1.82, 2.24) is 5.32 Å². The average molecular weight is 295 g/mol. The molecule has 2 atom stereocenters. The quantitative estimate of drug-likeness (QED) is 0.674. The molecule has 0 aliphatic heterocycles. The molecule has 1 aromatic rings. The number of ether oxygens (including phenoxy) is 3. The SMILES string of the molecule is CCOC(C(C)C)C(NC)c1ccccc1OCCOC. The lowest BCUT2D eigenvalue weighted by Gasteiger charge is -2.31. The summed E-state index contributed by atoms with van der Waals surface area (Å²) in [6.45, 7) is 8.22. The number of para-hydroxylation sites is 1. The largest absolute Gasteiger partial charge is 0.491 e. The summed E-state index contributed by atoms with van der Waals surface area (Å²) < 4.78 is 16.8. The van der Waals surface area contributed by atoms with Crippen molar-refractivity contribution < 1.29 is 14.2 Å². The van der Waals surface area contributed by atoms with Crippen molar-refractivity contribution >= 4 is 0 Å². The number of nitrogens with one attached hydrogen (secondary N) is 1. The van der Waals surface area contributed by atoms with E-state index < -0.39 is 0 Å². The number of methoxy groups -OCH3 is 1. The molecule has 1 rings (SSSR count). The van der Waals surface area contributed by atoms with Crippen LogP contribution >= 0.6 is 0 Å². The molecule has 1 N–H and O–H groups in total. The monoisotopic (exact) mass is 295 g/mol. The van der Waals surface area contributed by atoms with Gasteiger partial charge in [0.2, 0.25) is 0 Å². The van der Waals surface area contributed by atoms with Crippen molar-refractivity contribution in [1.29, 1.82) is 0 Å². The van der Waals surface area contributed by atoms with E-state index in [1.807, 2.05) is 32.2 Å². The second kappa shape index (κ2) is 9.77. The zero-order valence-electron chi connectivity index (χ0n) is 13.9. The first-order valence-electron chi connectivity index (χ1n) is 7.65. The molecule has 0 amide bonds. The molecule has 2 unspecified atom stereocenters. The minimum atomic E-state index is 0.101. The third-order valence-corrected chi connectivity index (χ3v) is 3.45. The Morgan fingerprint density at radius 3 is 2.43 bits per heavy atom. The van der Waals surface area contributed by atoms with E-state index in [1.54, 1.807) is 7.11 Å². The maximum Gasteiger partial charge on any atom is 0.124 e. The summed E-state index contributed by atoms with van der Waals surface area (Å²) in [4.78, 5) is 0. The van der Waals surface area contributed by atoms with Crippen LogP contribution in [0.2, 0.25) is 0 Å².